The normalized spacial score (nSPS) is 30.3. The largest absolute Gasteiger partial charge is 0.481 e. The maximum atomic E-state index is 12.6. The number of imidazole rings is 1. The molecule has 264 valence electrons. The average Bonchev–Trinajstić information content (AvgIpc) is 3.64. The molecule has 48 heavy (non-hydrogen) atoms. The SMILES string of the molecule is NC(=O)c1ccc[n+]([C@@H]2O[C@H](COP(=O)(O)OP(=O)(O)O[13CH2][13CH]3O[13CH](n4[13cH]n[13c]5[13c](N)n[13cH]n[13c]54)[13CH](OP(=O)(O)O)[13CH]3O)[C@@H](O)[C@H]2O)c1. The van der Waals surface area contributed by atoms with E-state index < -0.39 is 91.7 Å². The van der Waals surface area contributed by atoms with Crippen LogP contribution in [0, 0.1) is 0 Å². The summed E-state index contributed by atoms with van der Waals surface area (Å²) in [7, 11) is -16.3. The number of rotatable bonds is 13. The summed E-state index contributed by atoms with van der Waals surface area (Å²) in [5.41, 5.74) is 11.1. The Balaban J connectivity index is 1.21. The summed E-state index contributed by atoms with van der Waals surface area (Å²) in [6, 6.07) is 2.79. The van der Waals surface area contributed by atoms with Crippen LogP contribution in [0.1, 0.15) is 22.8 Å². The Labute approximate surface area is 267 Å². The van der Waals surface area contributed by atoms with Crippen molar-refractivity contribution in [1.29, 1.82) is 0 Å². The lowest BCUT2D eigenvalue weighted by Crippen LogP contribution is -2.46. The van der Waals surface area contributed by atoms with Crippen LogP contribution in [0.2, 0.25) is 0 Å². The van der Waals surface area contributed by atoms with Gasteiger partial charge in [-0.25, -0.2) is 28.6 Å². The van der Waals surface area contributed by atoms with E-state index in [1.807, 2.05) is 0 Å². The van der Waals surface area contributed by atoms with Crippen LogP contribution in [-0.4, -0.2) is 110 Å². The van der Waals surface area contributed by atoms with E-state index in [2.05, 4.69) is 23.8 Å². The second-order valence-corrected chi connectivity index (χ2v) is 14.5. The van der Waals surface area contributed by atoms with Gasteiger partial charge in [0.15, 0.2) is 36.2 Å². The van der Waals surface area contributed by atoms with Gasteiger partial charge in [-0.1, -0.05) is 0 Å². The number of phosphoric acid groups is 3. The molecule has 11 N–H and O–H groups in total. The Bertz CT molecular complexity index is 1810. The van der Waals surface area contributed by atoms with Gasteiger partial charge in [0.05, 0.1) is 19.5 Å². The number of carbonyl (C=O) groups excluding carboxylic acids is 1. The summed E-state index contributed by atoms with van der Waals surface area (Å²) in [5, 5.41) is 31.5. The molecule has 3 aromatic heterocycles. The lowest BCUT2D eigenvalue weighted by molar-refractivity contribution is -0.765. The number of nitrogens with zero attached hydrogens (tertiary/aromatic N) is 5. The van der Waals surface area contributed by atoms with Crippen molar-refractivity contribution in [3.8, 4) is 0 Å². The number of carbonyl (C=O) groups is 1. The Morgan fingerprint density at radius 3 is 2.23 bits per heavy atom. The molecule has 1 amide bonds. The fraction of sp³-hybridized carbons (Fsp3) is 0.476. The first-order chi connectivity index (χ1) is 22.4. The molecular weight excluding hydrogens is 725 g/mol. The summed E-state index contributed by atoms with van der Waals surface area (Å²) >= 11 is 0. The van der Waals surface area contributed by atoms with Crippen molar-refractivity contribution in [3.63, 3.8) is 0 Å². The summed E-state index contributed by atoms with van der Waals surface area (Å²) in [6.45, 7) is -2.03. The molecular formula is C21H29N7O17P3+. The molecule has 27 heteroatoms. The molecule has 0 radical (unpaired) electrons. The third-order valence-electron chi connectivity index (χ3n) is 6.98. The molecule has 0 aromatic carbocycles. The maximum absolute atomic E-state index is 12.6. The summed E-state index contributed by atoms with van der Waals surface area (Å²) < 4.78 is 68.4. The van der Waals surface area contributed by atoms with Crippen LogP contribution < -0.4 is 16.0 Å². The highest BCUT2D eigenvalue weighted by Crippen LogP contribution is 2.61. The zero-order chi connectivity index (χ0) is 35.2. The second-order valence-electron chi connectivity index (χ2n) is 10.3. The van der Waals surface area contributed by atoms with Crippen LogP contribution >= 0.6 is 23.5 Å². The molecule has 10 atom stereocenters. The van der Waals surface area contributed by atoms with Gasteiger partial charge in [0.2, 0.25) is 0 Å². The smallest absolute Gasteiger partial charge is 0.387 e. The Hall–Kier alpha value is -2.86. The molecule has 6 unspecified atom stereocenters. The maximum Gasteiger partial charge on any atom is 0.481 e. The number of ether oxygens (including phenoxy) is 2. The van der Waals surface area contributed by atoms with E-state index in [9.17, 15) is 53.4 Å². The number of phosphoric ester groups is 3. The lowest BCUT2D eigenvalue weighted by Gasteiger charge is -2.22. The van der Waals surface area contributed by atoms with Gasteiger partial charge in [-0.05, 0) is 6.07 Å². The zero-order valence-electron chi connectivity index (χ0n) is 23.9. The van der Waals surface area contributed by atoms with Crippen molar-refractivity contribution in [2.75, 3.05) is 18.9 Å². The van der Waals surface area contributed by atoms with E-state index >= 15 is 0 Å². The van der Waals surface area contributed by atoms with E-state index in [4.69, 9.17) is 30.0 Å². The molecule has 0 bridgehead atoms. The summed E-state index contributed by atoms with van der Waals surface area (Å²) in [6.07, 6.45) is -8.39. The number of fused-ring (bicyclic) bond motifs is 1. The van der Waals surface area contributed by atoms with Gasteiger partial charge in [0, 0.05) is 6.07 Å². The number of pyridine rings is 1. The molecule has 2 aliphatic heterocycles. The lowest BCUT2D eigenvalue weighted by atomic mass is 10.1. The predicted molar refractivity (Wildman–Crippen MR) is 150 cm³/mol. The number of aliphatic hydroxyl groups is 3. The highest BCUT2D eigenvalue weighted by molar-refractivity contribution is 7.61. The van der Waals surface area contributed by atoms with Gasteiger partial charge in [-0.2, -0.15) is 8.88 Å². The van der Waals surface area contributed by atoms with E-state index in [1.165, 1.54) is 29.1 Å². The number of amides is 1. The molecule has 2 saturated heterocycles. The van der Waals surface area contributed by atoms with Crippen LogP contribution in [0.15, 0.2) is 37.2 Å². The topological polar surface area (TPSA) is 365 Å². The minimum absolute atomic E-state index is 0.00286. The third kappa shape index (κ3) is 8.12. The van der Waals surface area contributed by atoms with Gasteiger partial charge < -0.3 is 55.8 Å². The van der Waals surface area contributed by atoms with E-state index in [0.717, 1.165) is 17.2 Å². The highest BCUT2D eigenvalue weighted by Gasteiger charge is 2.51. The molecule has 5 rings (SSSR count). The standard InChI is InChI=1S/C21H28N7O17P3/c22-17-12-19(25-7-24-17)28(8-26-12)21-16(44-46(33,34)35)14(30)11(43-21)6-41-48(38,39)45-47(36,37)40-5-10-13(29)15(31)20(42-10)27-3-1-2-9(4-27)18(23)32/h1-4,7-8,10-11,13-16,20-21,29-31H,5-6H2,(H7-,22,23,24,25,32,33,34,35,36,37,38,39)/p+1/t10-,11?,13-,14?,15-,16?,20-,21?/m1/s1/i6+1,7+1,8+1,11+1,12+1,14+1,16+1,17+1,19+1,21+1. The monoisotopic (exact) mass is 754 g/mol. The zero-order valence-corrected chi connectivity index (χ0v) is 26.6. The Kier molecular flexibility index (Phi) is 10.5. The van der Waals surface area contributed by atoms with Crippen LogP contribution in [0.4, 0.5) is 5.82 Å². The van der Waals surface area contributed by atoms with Crippen molar-refractivity contribution in [3.05, 3.63) is 42.7 Å². The summed E-state index contributed by atoms with van der Waals surface area (Å²) in [4.78, 5) is 62.2. The Morgan fingerprint density at radius 2 is 1.60 bits per heavy atom. The third-order valence-corrected chi connectivity index (χ3v) is 10.1. The first kappa shape index (κ1) is 36.4. The number of aromatic nitrogens is 5. The fourth-order valence-electron chi connectivity index (χ4n) is 4.83. The van der Waals surface area contributed by atoms with Crippen molar-refractivity contribution >= 4 is 46.4 Å². The molecule has 2 fully saturated rings. The Morgan fingerprint density at radius 1 is 0.958 bits per heavy atom. The minimum atomic E-state index is -5.52. The van der Waals surface area contributed by atoms with E-state index in [-0.39, 0.29) is 22.5 Å². The van der Waals surface area contributed by atoms with Crippen molar-refractivity contribution < 1.29 is 85.3 Å². The number of aliphatic hydroxyl groups excluding tert-OH is 3. The number of primary amides is 1. The molecule has 2 aliphatic rings. The van der Waals surface area contributed by atoms with Gasteiger partial charge in [-0.15, -0.1) is 0 Å². The van der Waals surface area contributed by atoms with E-state index in [0.29, 0.717) is 0 Å². The average molecular weight is 754 g/mol. The van der Waals surface area contributed by atoms with Gasteiger partial charge in [-0.3, -0.25) is 22.9 Å². The molecule has 0 aliphatic carbocycles. The van der Waals surface area contributed by atoms with Crippen LogP contribution in [0.3, 0.4) is 0 Å². The molecule has 3 aromatic rings. The van der Waals surface area contributed by atoms with Crippen LogP contribution in [0.25, 0.3) is 11.2 Å². The quantitative estimate of drug-likeness (QED) is 0.0480. The van der Waals surface area contributed by atoms with E-state index in [1.54, 1.807) is 0 Å². The van der Waals surface area contributed by atoms with Crippen molar-refractivity contribution in [1.82, 2.24) is 19.5 Å². The number of nitrogen functional groups attached to an aromatic ring is 1. The minimum Gasteiger partial charge on any atom is -0.387 e. The van der Waals surface area contributed by atoms with Crippen molar-refractivity contribution in [2.24, 2.45) is 5.73 Å². The number of nitrogens with two attached hydrogens (primary N) is 2. The van der Waals surface area contributed by atoms with Crippen molar-refractivity contribution in [2.45, 2.75) is 49.1 Å². The molecule has 0 saturated carbocycles. The van der Waals surface area contributed by atoms with Crippen LogP contribution in [-0.2, 0) is 41.1 Å². The first-order valence-corrected chi connectivity index (χ1v) is 17.9. The molecule has 0 spiro atoms. The van der Waals surface area contributed by atoms with Crippen LogP contribution in [0.5, 0.6) is 0 Å². The number of anilines is 1. The van der Waals surface area contributed by atoms with Gasteiger partial charge >= 0.3 is 23.5 Å². The first-order valence-electron chi connectivity index (χ1n) is 13.3. The second kappa shape index (κ2) is 13.8. The number of hydrogen-bond acceptors (Lipinski definition) is 17. The van der Waals surface area contributed by atoms with Gasteiger partial charge in [0.1, 0.15) is 47.9 Å². The fourth-order valence-corrected chi connectivity index (χ4v) is 7.47. The molecule has 5 heterocycles. The summed E-state index contributed by atoms with van der Waals surface area (Å²) in [5.74, 6) is -0.848. The molecule has 24 nitrogen and oxygen atoms in total. The number of hydrogen-bond donors (Lipinski definition) is 9. The highest BCUT2D eigenvalue weighted by atomic mass is 31.3. The van der Waals surface area contributed by atoms with Gasteiger partial charge in [0.25, 0.3) is 12.1 Å². The predicted octanol–water partition coefficient (Wildman–Crippen LogP) is -2.90.